The number of likely N-dealkylation sites (tertiary alicyclic amines) is 1. The standard InChI is InChI=1S/C25H22F5N3O5S/c26-39(27,28,29,30)23-13-11-22(12-14-23)38-21-9-5-19(6-10-21)31-24(34)18-2-1-15-32(16-18)25(35)17-3-7-20(8-4-17)33(36)37/h3-14,18H,1-2,15-16H2,(H,31,34). The number of non-ortho nitro benzene ring substituents is 1. The number of hydrogen-bond acceptors (Lipinski definition) is 5. The molecule has 1 fully saturated rings. The van der Waals surface area contributed by atoms with E-state index in [0.29, 0.717) is 25.1 Å². The number of carbonyl (C=O) groups excluding carboxylic acids is 2. The fourth-order valence-corrected chi connectivity index (χ4v) is 4.69. The Morgan fingerprint density at radius 2 is 1.46 bits per heavy atom. The molecular formula is C25H22F5N3O5S. The number of benzene rings is 3. The Labute approximate surface area is 219 Å². The molecule has 1 unspecified atom stereocenters. The van der Waals surface area contributed by atoms with Crippen LogP contribution in [0.4, 0.5) is 30.8 Å². The highest BCUT2D eigenvalue weighted by Crippen LogP contribution is 3.02. The SMILES string of the molecule is O=C(Nc1ccc(Oc2ccc(S(F)(F)(F)(F)F)cc2)cc1)C1CCCN(C(=O)c2ccc([N+](=O)[O-])cc2)C1. The predicted molar refractivity (Wildman–Crippen MR) is 135 cm³/mol. The zero-order valence-electron chi connectivity index (χ0n) is 20.1. The topological polar surface area (TPSA) is 102 Å². The van der Waals surface area contributed by atoms with Crippen LogP contribution in [0.25, 0.3) is 0 Å². The van der Waals surface area contributed by atoms with Gasteiger partial charge in [-0.1, -0.05) is 19.4 Å². The summed E-state index contributed by atoms with van der Waals surface area (Å²) in [6.45, 7) is 0.604. The Morgan fingerprint density at radius 1 is 0.897 bits per heavy atom. The van der Waals surface area contributed by atoms with Gasteiger partial charge in [0.2, 0.25) is 5.91 Å². The van der Waals surface area contributed by atoms with E-state index >= 15 is 0 Å². The van der Waals surface area contributed by atoms with Crippen LogP contribution in [0.15, 0.2) is 77.7 Å². The number of anilines is 1. The van der Waals surface area contributed by atoms with E-state index in [1.807, 2.05) is 0 Å². The number of piperidine rings is 1. The molecule has 0 radical (unpaired) electrons. The van der Waals surface area contributed by atoms with E-state index in [-0.39, 0.29) is 53.2 Å². The summed E-state index contributed by atoms with van der Waals surface area (Å²) in [5, 5.41) is 13.6. The number of rotatable bonds is 7. The summed E-state index contributed by atoms with van der Waals surface area (Å²) in [5.41, 5.74) is 0.548. The van der Waals surface area contributed by atoms with Crippen LogP contribution in [0.2, 0.25) is 0 Å². The number of nitrogens with one attached hydrogen (secondary N) is 1. The molecule has 1 saturated heterocycles. The maximum Gasteiger partial charge on any atom is 0.310 e. The fourth-order valence-electron chi connectivity index (χ4n) is 4.04. The van der Waals surface area contributed by atoms with E-state index < -0.39 is 26.0 Å². The maximum atomic E-state index is 12.9. The molecule has 1 aliphatic heterocycles. The number of nitro benzene ring substituents is 1. The summed E-state index contributed by atoms with van der Waals surface area (Å²) in [6.07, 6.45) is 1.14. The Balaban J connectivity index is 1.34. The quantitative estimate of drug-likeness (QED) is 0.179. The van der Waals surface area contributed by atoms with Gasteiger partial charge in [0.25, 0.3) is 11.6 Å². The summed E-state index contributed by atoms with van der Waals surface area (Å²) >= 11 is 0. The highest BCUT2D eigenvalue weighted by molar-refractivity contribution is 8.45. The van der Waals surface area contributed by atoms with Crippen molar-refractivity contribution in [2.24, 2.45) is 5.92 Å². The fraction of sp³-hybridized carbons (Fsp3) is 0.200. The Bertz CT molecular complexity index is 1400. The van der Waals surface area contributed by atoms with E-state index in [0.717, 1.165) is 12.1 Å². The highest BCUT2D eigenvalue weighted by atomic mass is 32.5. The molecule has 8 nitrogen and oxygen atoms in total. The zero-order valence-corrected chi connectivity index (χ0v) is 20.9. The average Bonchev–Trinajstić information content (AvgIpc) is 2.88. The maximum absolute atomic E-state index is 12.9. The molecule has 0 saturated carbocycles. The number of carbonyl (C=O) groups is 2. The minimum atomic E-state index is -9.77. The molecular weight excluding hydrogens is 549 g/mol. The minimum absolute atomic E-state index is 0.0858. The van der Waals surface area contributed by atoms with Crippen molar-refractivity contribution in [2.75, 3.05) is 18.4 Å². The van der Waals surface area contributed by atoms with Gasteiger partial charge >= 0.3 is 10.2 Å². The molecule has 0 aromatic heterocycles. The number of hydrogen-bond donors (Lipinski definition) is 1. The van der Waals surface area contributed by atoms with Gasteiger partial charge in [0.05, 0.1) is 10.8 Å². The normalized spacial score (nSPS) is 17.5. The molecule has 1 aliphatic rings. The third-order valence-corrected chi connectivity index (χ3v) is 7.19. The molecule has 14 heteroatoms. The molecule has 0 spiro atoms. The molecule has 0 aliphatic carbocycles. The van der Waals surface area contributed by atoms with Gasteiger partial charge in [0.15, 0.2) is 0 Å². The molecule has 1 heterocycles. The lowest BCUT2D eigenvalue weighted by molar-refractivity contribution is -0.384. The van der Waals surface area contributed by atoms with E-state index in [1.54, 1.807) is 0 Å². The van der Waals surface area contributed by atoms with Crippen molar-refractivity contribution in [3.8, 4) is 11.5 Å². The summed E-state index contributed by atoms with van der Waals surface area (Å²) in [5.74, 6) is -1.04. The molecule has 0 bridgehead atoms. The lowest BCUT2D eigenvalue weighted by Crippen LogP contribution is -2.43. The van der Waals surface area contributed by atoms with Gasteiger partial charge in [-0.05, 0) is 73.5 Å². The van der Waals surface area contributed by atoms with Crippen molar-refractivity contribution in [3.05, 3.63) is 88.5 Å². The molecule has 2 amide bonds. The van der Waals surface area contributed by atoms with Crippen molar-refractivity contribution >= 4 is 33.4 Å². The van der Waals surface area contributed by atoms with Crippen LogP contribution >= 0.6 is 10.2 Å². The molecule has 1 atom stereocenters. The highest BCUT2D eigenvalue weighted by Gasteiger charge is 2.65. The van der Waals surface area contributed by atoms with Gasteiger partial charge in [-0.2, -0.15) is 0 Å². The van der Waals surface area contributed by atoms with Crippen LogP contribution < -0.4 is 10.1 Å². The van der Waals surface area contributed by atoms with Gasteiger partial charge in [0, 0.05) is 36.5 Å². The second kappa shape index (κ2) is 9.52. The van der Waals surface area contributed by atoms with Gasteiger partial charge in [-0.25, -0.2) is 0 Å². The lowest BCUT2D eigenvalue weighted by Gasteiger charge is -2.40. The molecule has 3 aromatic rings. The number of nitro groups is 1. The Kier molecular flexibility index (Phi) is 6.79. The zero-order chi connectivity index (χ0) is 28.5. The second-order valence-electron chi connectivity index (χ2n) is 8.95. The van der Waals surface area contributed by atoms with Crippen molar-refractivity contribution in [1.29, 1.82) is 0 Å². The Morgan fingerprint density at radius 3 is 2.00 bits per heavy atom. The summed E-state index contributed by atoms with van der Waals surface area (Å²) in [7, 11) is -9.77. The predicted octanol–water partition coefficient (Wildman–Crippen LogP) is 7.54. The largest absolute Gasteiger partial charge is 0.457 e. The van der Waals surface area contributed by atoms with Crippen molar-refractivity contribution in [2.45, 2.75) is 17.7 Å². The van der Waals surface area contributed by atoms with Crippen molar-refractivity contribution < 1.29 is 38.7 Å². The average molecular weight is 572 g/mol. The van der Waals surface area contributed by atoms with Crippen LogP contribution in [0.1, 0.15) is 23.2 Å². The van der Waals surface area contributed by atoms with Crippen LogP contribution in [-0.2, 0) is 4.79 Å². The molecule has 3 aromatic carbocycles. The molecule has 39 heavy (non-hydrogen) atoms. The first kappa shape index (κ1) is 27.8. The summed E-state index contributed by atoms with van der Waals surface area (Å²) in [6, 6.07) is 13.2. The third-order valence-electron chi connectivity index (χ3n) is 6.03. The Hall–Kier alpha value is -4.20. The smallest absolute Gasteiger partial charge is 0.310 e. The number of ether oxygens (including phenoxy) is 1. The van der Waals surface area contributed by atoms with E-state index in [2.05, 4.69) is 5.32 Å². The van der Waals surface area contributed by atoms with E-state index in [1.165, 1.54) is 53.4 Å². The number of amides is 2. The lowest BCUT2D eigenvalue weighted by atomic mass is 9.96. The van der Waals surface area contributed by atoms with Gasteiger partial charge in [-0.3, -0.25) is 19.7 Å². The van der Waals surface area contributed by atoms with E-state index in [4.69, 9.17) is 4.74 Å². The van der Waals surface area contributed by atoms with Crippen LogP contribution in [-0.4, -0.2) is 34.7 Å². The van der Waals surface area contributed by atoms with Gasteiger partial charge in [0.1, 0.15) is 16.4 Å². The first-order valence-electron chi connectivity index (χ1n) is 11.6. The van der Waals surface area contributed by atoms with Gasteiger partial charge in [-0.15, -0.1) is 0 Å². The minimum Gasteiger partial charge on any atom is -0.457 e. The van der Waals surface area contributed by atoms with Crippen molar-refractivity contribution in [1.82, 2.24) is 4.90 Å². The molecule has 208 valence electrons. The first-order chi connectivity index (χ1) is 18.1. The number of nitrogens with zero attached hydrogens (tertiary/aromatic N) is 2. The van der Waals surface area contributed by atoms with E-state index in [9.17, 15) is 39.1 Å². The van der Waals surface area contributed by atoms with Crippen molar-refractivity contribution in [3.63, 3.8) is 0 Å². The first-order valence-corrected chi connectivity index (χ1v) is 13.5. The summed E-state index contributed by atoms with van der Waals surface area (Å²) in [4.78, 5) is 35.4. The summed E-state index contributed by atoms with van der Waals surface area (Å²) < 4.78 is 69.6. The second-order valence-corrected chi connectivity index (χ2v) is 11.4. The van der Waals surface area contributed by atoms with Crippen LogP contribution in [0.3, 0.4) is 0 Å². The number of halogens is 5. The third kappa shape index (κ3) is 7.02. The molecule has 1 N–H and O–H groups in total. The van der Waals surface area contributed by atoms with Crippen LogP contribution in [0, 0.1) is 16.0 Å². The molecule has 4 rings (SSSR count). The van der Waals surface area contributed by atoms with Gasteiger partial charge < -0.3 is 15.0 Å². The monoisotopic (exact) mass is 571 g/mol. The van der Waals surface area contributed by atoms with Crippen LogP contribution in [0.5, 0.6) is 11.5 Å².